The predicted octanol–water partition coefficient (Wildman–Crippen LogP) is 6.59. The van der Waals surface area contributed by atoms with E-state index in [2.05, 4.69) is 0 Å². The van der Waals surface area contributed by atoms with Crippen molar-refractivity contribution in [1.29, 1.82) is 5.26 Å². The van der Waals surface area contributed by atoms with Crippen molar-refractivity contribution >= 4 is 63.7 Å². The molecule has 0 aliphatic heterocycles. The monoisotopic (exact) mass is 635 g/mol. The Labute approximate surface area is 159 Å². The molecule has 1 nitrogen and oxygen atoms in total. The highest BCUT2D eigenvalue weighted by Gasteiger charge is 2.88. The fourth-order valence-electron chi connectivity index (χ4n) is 1.04. The van der Waals surface area contributed by atoms with Crippen LogP contribution in [0, 0.1) is 11.3 Å². The van der Waals surface area contributed by atoms with Crippen molar-refractivity contribution in [2.45, 2.75) is 36.3 Å². The molecule has 0 saturated carbocycles. The third-order valence-electron chi connectivity index (χ3n) is 2.47. The van der Waals surface area contributed by atoms with E-state index < -0.39 is 36.3 Å². The van der Waals surface area contributed by atoms with Crippen LogP contribution in [0.5, 0.6) is 0 Å². The van der Waals surface area contributed by atoms with Crippen molar-refractivity contribution < 1.29 is 48.3 Å². The van der Waals surface area contributed by atoms with E-state index in [1.165, 1.54) is 0 Å². The zero-order valence-electron chi connectivity index (χ0n) is 10.1. The van der Waals surface area contributed by atoms with Gasteiger partial charge in [-0.3, -0.25) is 0 Å². The largest absolute Gasteiger partial charge is 0.381 e. The normalized spacial score (nSPS) is 22.1. The molecule has 0 rings (SSSR count). The molecule has 0 unspecified atom stereocenters. The summed E-state index contributed by atoms with van der Waals surface area (Å²) in [7, 11) is 0. The number of alkyl halides is 15. The molecule has 142 valence electrons. The van der Waals surface area contributed by atoms with Gasteiger partial charge in [-0.1, -0.05) is 0 Å². The SMILES string of the molecule is N#CC(F)(F)[C@](F)(Br)C(F)(F)[C@](F)(Br)C(F)(F)[C@@](F)(Br)C(F)(F)Br. The summed E-state index contributed by atoms with van der Waals surface area (Å²) >= 11 is 3.71. The Kier molecular flexibility index (Phi) is 6.53. The van der Waals surface area contributed by atoms with E-state index >= 15 is 0 Å². The minimum atomic E-state index is -6.66. The van der Waals surface area contributed by atoms with Gasteiger partial charge in [0.25, 0.3) is 4.58 Å². The third kappa shape index (κ3) is 3.19. The lowest BCUT2D eigenvalue weighted by Gasteiger charge is -2.44. The van der Waals surface area contributed by atoms with E-state index in [0.717, 1.165) is 63.7 Å². The molecule has 0 amide bonds. The topological polar surface area (TPSA) is 23.8 Å². The van der Waals surface area contributed by atoms with Crippen LogP contribution in [0.1, 0.15) is 0 Å². The van der Waals surface area contributed by atoms with Crippen LogP contribution in [-0.4, -0.2) is 36.3 Å². The summed E-state index contributed by atoms with van der Waals surface area (Å²) < 4.78 is 129. The lowest BCUT2D eigenvalue weighted by atomic mass is 9.96. The summed E-state index contributed by atoms with van der Waals surface area (Å²) in [5.74, 6) is -19.1. The van der Waals surface area contributed by atoms with Gasteiger partial charge in [0.1, 0.15) is 6.07 Å². The molecule has 3 atom stereocenters. The zero-order chi connectivity index (χ0) is 20.2. The third-order valence-corrected chi connectivity index (χ3v) is 6.53. The molecular formula is C8Br4F11N. The second-order valence-corrected chi connectivity index (χ2v) is 8.33. The Morgan fingerprint density at radius 3 is 1.08 bits per heavy atom. The average Bonchev–Trinajstić information content (AvgIpc) is 2.36. The molecule has 0 aromatic carbocycles. The molecule has 0 aromatic rings. The maximum atomic E-state index is 13.9. The molecule has 0 aliphatic rings. The van der Waals surface area contributed by atoms with Crippen LogP contribution in [0.4, 0.5) is 48.3 Å². The first kappa shape index (κ1) is 24.6. The molecule has 16 heteroatoms. The van der Waals surface area contributed by atoms with Crippen molar-refractivity contribution in [2.75, 3.05) is 0 Å². The number of hydrogen-bond acceptors (Lipinski definition) is 1. The van der Waals surface area contributed by atoms with Gasteiger partial charge < -0.3 is 0 Å². The first-order valence-electron chi connectivity index (χ1n) is 4.81. The van der Waals surface area contributed by atoms with Crippen molar-refractivity contribution in [3.8, 4) is 6.07 Å². The van der Waals surface area contributed by atoms with Gasteiger partial charge in [0.2, 0.25) is 0 Å². The summed E-state index contributed by atoms with van der Waals surface area (Å²) in [6.45, 7) is 0. The maximum absolute atomic E-state index is 13.9. The van der Waals surface area contributed by atoms with E-state index in [4.69, 9.17) is 5.26 Å². The maximum Gasteiger partial charge on any atom is 0.381 e. The van der Waals surface area contributed by atoms with Gasteiger partial charge in [0, 0.05) is 0 Å². The molecule has 0 bridgehead atoms. The van der Waals surface area contributed by atoms with Gasteiger partial charge in [-0.05, 0) is 63.7 Å². The highest BCUT2D eigenvalue weighted by atomic mass is 79.9. The molecule has 0 radical (unpaired) electrons. The average molecular weight is 639 g/mol. The van der Waals surface area contributed by atoms with E-state index in [9.17, 15) is 48.3 Å². The lowest BCUT2D eigenvalue weighted by molar-refractivity contribution is -0.286. The molecule has 0 saturated heterocycles. The minimum Gasteiger partial charge on any atom is -0.217 e. The summed E-state index contributed by atoms with van der Waals surface area (Å²) in [5.41, 5.74) is 0. The Hall–Kier alpha value is 0.640. The Bertz CT molecular complexity index is 533. The van der Waals surface area contributed by atoms with E-state index in [1.54, 1.807) is 0 Å². The Balaban J connectivity index is 6.48. The quantitative estimate of drug-likeness (QED) is 0.238. The number of nitriles is 1. The summed E-state index contributed by atoms with van der Waals surface area (Å²) in [6.07, 6.45) is 0. The number of nitrogens with zero attached hydrogens (tertiary/aromatic N) is 1. The number of halogens is 15. The number of hydrogen-bond donors (Lipinski definition) is 0. The lowest BCUT2D eigenvalue weighted by Crippen LogP contribution is -2.70. The first-order valence-corrected chi connectivity index (χ1v) is 7.98. The fourth-order valence-corrected chi connectivity index (χ4v) is 3.00. The van der Waals surface area contributed by atoms with Crippen LogP contribution in [0.25, 0.3) is 0 Å². The zero-order valence-corrected chi connectivity index (χ0v) is 16.5. The molecule has 24 heavy (non-hydrogen) atoms. The van der Waals surface area contributed by atoms with Crippen molar-refractivity contribution in [3.05, 3.63) is 0 Å². The standard InChI is InChI=1S/C8Br4F11N/c9-3(15,2(13,14)1-24)6(18,19)4(10,16)7(20,21)5(11,17)8(12,22)23/t3-,4-,5+/m1/s1. The molecule has 0 N–H and O–H groups in total. The van der Waals surface area contributed by atoms with Crippen molar-refractivity contribution in [2.24, 2.45) is 0 Å². The van der Waals surface area contributed by atoms with Gasteiger partial charge in [-0.25, -0.2) is 13.2 Å². The Morgan fingerprint density at radius 2 is 0.833 bits per heavy atom. The van der Waals surface area contributed by atoms with Crippen LogP contribution in [0.15, 0.2) is 0 Å². The second kappa shape index (κ2) is 6.36. The minimum absolute atomic E-state index is 0.350. The summed E-state index contributed by atoms with van der Waals surface area (Å²) in [6, 6.07) is -0.350. The molecule has 0 heterocycles. The summed E-state index contributed by atoms with van der Waals surface area (Å²) in [5, 5.41) is 7.91. The van der Waals surface area contributed by atoms with Crippen molar-refractivity contribution in [1.82, 2.24) is 0 Å². The molecule has 0 aromatic heterocycles. The Morgan fingerprint density at radius 1 is 0.542 bits per heavy atom. The van der Waals surface area contributed by atoms with E-state index in [0.29, 0.717) is 0 Å². The van der Waals surface area contributed by atoms with E-state index in [1.807, 2.05) is 0 Å². The molecule has 0 spiro atoms. The van der Waals surface area contributed by atoms with Gasteiger partial charge in [0.15, 0.2) is 0 Å². The van der Waals surface area contributed by atoms with Crippen molar-refractivity contribution in [3.63, 3.8) is 0 Å². The van der Waals surface area contributed by atoms with Crippen LogP contribution < -0.4 is 0 Å². The van der Waals surface area contributed by atoms with Crippen LogP contribution >= 0.6 is 63.7 Å². The molecule has 0 aliphatic carbocycles. The van der Waals surface area contributed by atoms with E-state index in [-0.39, 0.29) is 6.07 Å². The first-order chi connectivity index (χ1) is 10.1. The molecule has 0 fully saturated rings. The van der Waals surface area contributed by atoms with Gasteiger partial charge >= 0.3 is 31.8 Å². The second-order valence-electron chi connectivity index (χ2n) is 4.06. The number of rotatable bonds is 6. The van der Waals surface area contributed by atoms with Crippen LogP contribution in [0.2, 0.25) is 0 Å². The van der Waals surface area contributed by atoms with Crippen LogP contribution in [-0.2, 0) is 0 Å². The smallest absolute Gasteiger partial charge is 0.217 e. The van der Waals surface area contributed by atoms with Gasteiger partial charge in [-0.2, -0.15) is 40.4 Å². The van der Waals surface area contributed by atoms with Crippen LogP contribution in [0.3, 0.4) is 0 Å². The van der Waals surface area contributed by atoms with Gasteiger partial charge in [-0.15, -0.1) is 0 Å². The summed E-state index contributed by atoms with van der Waals surface area (Å²) in [4.78, 5) is -5.42. The fraction of sp³-hybridized carbons (Fsp3) is 0.875. The van der Waals surface area contributed by atoms with Gasteiger partial charge in [0.05, 0.1) is 0 Å². The highest BCUT2D eigenvalue weighted by Crippen LogP contribution is 2.66. The predicted molar refractivity (Wildman–Crippen MR) is 72.6 cm³/mol. The highest BCUT2D eigenvalue weighted by molar-refractivity contribution is 9.13. The molecular weight excluding hydrogens is 639 g/mol.